The summed E-state index contributed by atoms with van der Waals surface area (Å²) >= 11 is 0. The first-order chi connectivity index (χ1) is 9.09. The summed E-state index contributed by atoms with van der Waals surface area (Å²) in [4.78, 5) is 22.1. The number of carboxylic acid groups (broad SMARTS) is 2. The second-order valence-corrected chi connectivity index (χ2v) is 3.82. The molecule has 1 aliphatic heterocycles. The van der Waals surface area contributed by atoms with Crippen molar-refractivity contribution in [1.82, 2.24) is 10.2 Å². The Bertz CT molecular complexity index is 792. The van der Waals surface area contributed by atoms with E-state index >= 15 is 0 Å². The van der Waals surface area contributed by atoms with Gasteiger partial charge in [0.2, 0.25) is 0 Å². The maximum atomic E-state index is 11.3. The molecule has 2 N–H and O–H groups in total. The van der Waals surface area contributed by atoms with Gasteiger partial charge in [0.05, 0.1) is 0 Å². The third kappa shape index (κ3) is 1.52. The monoisotopic (exact) mass is 258 g/mol. The summed E-state index contributed by atoms with van der Waals surface area (Å²) in [5, 5.41) is 26.2. The minimum Gasteiger partial charge on any atom is -0.478 e. The molecule has 2 aliphatic rings. The Morgan fingerprint density at radius 2 is 1.68 bits per heavy atom. The molecule has 0 saturated carbocycles. The lowest BCUT2D eigenvalue weighted by Gasteiger charge is -1.99. The summed E-state index contributed by atoms with van der Waals surface area (Å²) in [5.41, 5.74) is 0.126. The van der Waals surface area contributed by atoms with Crippen molar-refractivity contribution in [3.63, 3.8) is 0 Å². The SMILES string of the molecule is O=C(O)c1nnc2c3ccccc3c(C(=O)O)c-2o1. The fourth-order valence-electron chi connectivity index (χ4n) is 1.98. The lowest BCUT2D eigenvalue weighted by atomic mass is 10.2. The number of benzene rings is 1. The number of hydrogen-bond donors (Lipinski definition) is 2. The molecule has 1 aromatic rings. The quantitative estimate of drug-likeness (QED) is 0.719. The van der Waals surface area contributed by atoms with Crippen LogP contribution in [0.2, 0.25) is 0 Å². The summed E-state index contributed by atoms with van der Waals surface area (Å²) < 4.78 is 5.05. The molecule has 0 amide bonds. The molecule has 19 heavy (non-hydrogen) atoms. The molecule has 0 bridgehead atoms. The lowest BCUT2D eigenvalue weighted by molar-refractivity contribution is 0.0639. The summed E-state index contributed by atoms with van der Waals surface area (Å²) in [6.45, 7) is 0. The number of aromatic carboxylic acids is 2. The van der Waals surface area contributed by atoms with Crippen molar-refractivity contribution < 1.29 is 24.2 Å². The van der Waals surface area contributed by atoms with Gasteiger partial charge < -0.3 is 14.6 Å². The fourth-order valence-corrected chi connectivity index (χ4v) is 1.98. The molecule has 0 aromatic heterocycles. The van der Waals surface area contributed by atoms with Crippen molar-refractivity contribution in [2.45, 2.75) is 0 Å². The Morgan fingerprint density at radius 3 is 2.32 bits per heavy atom. The number of carbonyl (C=O) groups is 2. The topological polar surface area (TPSA) is 114 Å². The van der Waals surface area contributed by atoms with Gasteiger partial charge in [-0.3, -0.25) is 0 Å². The van der Waals surface area contributed by atoms with E-state index in [1.54, 1.807) is 24.3 Å². The zero-order valence-electron chi connectivity index (χ0n) is 9.32. The van der Waals surface area contributed by atoms with Crippen LogP contribution in [-0.2, 0) is 0 Å². The number of carboxylic acids is 2. The van der Waals surface area contributed by atoms with Gasteiger partial charge in [0, 0.05) is 10.8 Å². The molecule has 0 fully saturated rings. The highest BCUT2D eigenvalue weighted by Gasteiger charge is 2.28. The van der Waals surface area contributed by atoms with Crippen LogP contribution in [0.3, 0.4) is 0 Å². The van der Waals surface area contributed by atoms with Gasteiger partial charge in [0.15, 0.2) is 5.76 Å². The Hall–Kier alpha value is -2.96. The number of rotatable bonds is 2. The van der Waals surface area contributed by atoms with Crippen LogP contribution in [0, 0.1) is 0 Å². The van der Waals surface area contributed by atoms with Gasteiger partial charge in [-0.2, -0.15) is 0 Å². The summed E-state index contributed by atoms with van der Waals surface area (Å²) in [6, 6.07) is 6.69. The fraction of sp³-hybridized carbons (Fsp3) is 0. The van der Waals surface area contributed by atoms with Crippen molar-refractivity contribution in [3.05, 3.63) is 35.7 Å². The van der Waals surface area contributed by atoms with Crippen LogP contribution in [0.15, 0.2) is 28.7 Å². The Labute approximate surface area is 105 Å². The van der Waals surface area contributed by atoms with E-state index < -0.39 is 17.8 Å². The minimum atomic E-state index is -1.41. The van der Waals surface area contributed by atoms with Crippen LogP contribution in [0.4, 0.5) is 0 Å². The molecule has 94 valence electrons. The number of fused-ring (bicyclic) bond motifs is 3. The third-order valence-corrected chi connectivity index (χ3v) is 2.73. The van der Waals surface area contributed by atoms with Gasteiger partial charge in [-0.05, 0) is 0 Å². The highest BCUT2D eigenvalue weighted by atomic mass is 16.4. The van der Waals surface area contributed by atoms with Crippen molar-refractivity contribution in [3.8, 4) is 11.5 Å². The predicted octanol–water partition coefficient (Wildman–Crippen LogP) is 1.72. The summed E-state index contributed by atoms with van der Waals surface area (Å²) in [5.74, 6) is -3.35. The normalized spacial score (nSPS) is 10.9. The maximum absolute atomic E-state index is 11.3. The predicted molar refractivity (Wildman–Crippen MR) is 62.3 cm³/mol. The van der Waals surface area contributed by atoms with Crippen molar-refractivity contribution in [2.75, 3.05) is 0 Å². The largest absolute Gasteiger partial charge is 0.478 e. The number of aromatic nitrogens is 2. The molecule has 3 rings (SSSR count). The standard InChI is InChI=1S/C12H6N2O5/c15-11(16)7-5-3-1-2-4-6(5)8-9(7)19-10(12(17)18)14-13-8/h1-4H,(H,15,16)(H,17,18). The van der Waals surface area contributed by atoms with Crippen LogP contribution in [0.1, 0.15) is 21.0 Å². The molecule has 7 nitrogen and oxygen atoms in total. The molecule has 7 heteroatoms. The van der Waals surface area contributed by atoms with Crippen molar-refractivity contribution in [2.24, 2.45) is 0 Å². The number of hydrogen-bond acceptors (Lipinski definition) is 5. The Balaban J connectivity index is 2.48. The molecular formula is C12H6N2O5. The minimum absolute atomic E-state index is 0.0823. The average Bonchev–Trinajstić information content (AvgIpc) is 2.72. The van der Waals surface area contributed by atoms with E-state index in [0.717, 1.165) is 0 Å². The van der Waals surface area contributed by atoms with E-state index in [9.17, 15) is 14.7 Å². The van der Waals surface area contributed by atoms with Crippen LogP contribution in [-0.4, -0.2) is 32.3 Å². The van der Waals surface area contributed by atoms with E-state index in [1.807, 2.05) is 0 Å². The van der Waals surface area contributed by atoms with Crippen LogP contribution in [0.25, 0.3) is 22.2 Å². The molecule has 0 unspecified atom stereocenters. The second kappa shape index (κ2) is 3.77. The smallest absolute Gasteiger partial charge is 0.393 e. The van der Waals surface area contributed by atoms with Crippen LogP contribution >= 0.6 is 0 Å². The van der Waals surface area contributed by atoms with Gasteiger partial charge >= 0.3 is 17.8 Å². The first-order valence-corrected chi connectivity index (χ1v) is 5.24. The van der Waals surface area contributed by atoms with E-state index in [2.05, 4.69) is 10.2 Å². The van der Waals surface area contributed by atoms with Crippen LogP contribution < -0.4 is 0 Å². The van der Waals surface area contributed by atoms with Gasteiger partial charge in [-0.1, -0.05) is 24.3 Å². The zero-order chi connectivity index (χ0) is 13.6. The number of nitrogens with zero attached hydrogens (tertiary/aromatic N) is 2. The first-order valence-electron chi connectivity index (χ1n) is 5.24. The van der Waals surface area contributed by atoms with Gasteiger partial charge in [-0.25, -0.2) is 9.59 Å². The average molecular weight is 258 g/mol. The molecule has 0 spiro atoms. The molecule has 0 saturated heterocycles. The molecule has 1 aromatic carbocycles. The van der Waals surface area contributed by atoms with E-state index in [1.165, 1.54) is 0 Å². The highest BCUT2D eigenvalue weighted by molar-refractivity contribution is 6.15. The zero-order valence-corrected chi connectivity index (χ0v) is 9.32. The highest BCUT2D eigenvalue weighted by Crippen LogP contribution is 2.37. The lowest BCUT2D eigenvalue weighted by Crippen LogP contribution is -2.05. The summed E-state index contributed by atoms with van der Waals surface area (Å²) in [7, 11) is 0. The second-order valence-electron chi connectivity index (χ2n) is 3.82. The van der Waals surface area contributed by atoms with E-state index in [4.69, 9.17) is 9.52 Å². The van der Waals surface area contributed by atoms with E-state index in [0.29, 0.717) is 10.8 Å². The Morgan fingerprint density at radius 1 is 1.00 bits per heavy atom. The molecule has 1 aliphatic carbocycles. The van der Waals surface area contributed by atoms with Gasteiger partial charge in [0.1, 0.15) is 11.3 Å². The van der Waals surface area contributed by atoms with Gasteiger partial charge in [0.25, 0.3) is 0 Å². The maximum Gasteiger partial charge on any atom is 0.393 e. The van der Waals surface area contributed by atoms with Crippen molar-refractivity contribution in [1.29, 1.82) is 0 Å². The molecular weight excluding hydrogens is 252 g/mol. The molecule has 0 radical (unpaired) electrons. The van der Waals surface area contributed by atoms with Crippen molar-refractivity contribution >= 4 is 22.7 Å². The molecule has 1 heterocycles. The first kappa shape index (κ1) is 11.1. The van der Waals surface area contributed by atoms with E-state index in [-0.39, 0.29) is 17.0 Å². The Kier molecular flexibility index (Phi) is 2.21. The van der Waals surface area contributed by atoms with Gasteiger partial charge in [-0.15, -0.1) is 10.2 Å². The third-order valence-electron chi connectivity index (χ3n) is 2.73. The molecule has 0 atom stereocenters. The van der Waals surface area contributed by atoms with Crippen LogP contribution in [0.5, 0.6) is 0 Å². The summed E-state index contributed by atoms with van der Waals surface area (Å²) in [6.07, 6.45) is 0.